The number of hydrogen-bond donors (Lipinski definition) is 1. The fraction of sp³-hybridized carbons (Fsp3) is 0.571. The third-order valence-electron chi connectivity index (χ3n) is 3.87. The van der Waals surface area contributed by atoms with Crippen LogP contribution in [0.3, 0.4) is 0 Å². The van der Waals surface area contributed by atoms with Crippen molar-refractivity contribution in [3.05, 3.63) is 29.8 Å². The summed E-state index contributed by atoms with van der Waals surface area (Å²) in [5, 5.41) is 3.14. The third kappa shape index (κ3) is 2.72. The van der Waals surface area contributed by atoms with Crippen LogP contribution in [0.2, 0.25) is 0 Å². The first-order valence-electron chi connectivity index (χ1n) is 6.61. The van der Waals surface area contributed by atoms with E-state index in [-0.39, 0.29) is 17.3 Å². The summed E-state index contributed by atoms with van der Waals surface area (Å²) in [6, 6.07) is 4.41. The van der Waals surface area contributed by atoms with Crippen LogP contribution in [0.4, 0.5) is 14.5 Å². The van der Waals surface area contributed by atoms with Crippen molar-refractivity contribution in [2.45, 2.75) is 30.9 Å². The van der Waals surface area contributed by atoms with E-state index in [1.165, 1.54) is 6.07 Å². The predicted molar refractivity (Wildman–Crippen MR) is 73.6 cm³/mol. The maximum atomic E-state index is 13.7. The largest absolute Gasteiger partial charge is 0.380 e. The molecular formula is C14H17F2NOS. The standard InChI is InChI=1S/C14H17F2NOS/c15-11-2-1-3-12(13(11)16)17-10-4-6-18-14(8-10)5-7-19-9-14/h1-3,10,17H,4-9H2. The van der Waals surface area contributed by atoms with Gasteiger partial charge >= 0.3 is 0 Å². The number of nitrogens with one attached hydrogen (secondary N) is 1. The van der Waals surface area contributed by atoms with Crippen LogP contribution in [0, 0.1) is 11.6 Å². The number of anilines is 1. The predicted octanol–water partition coefficient (Wildman–Crippen LogP) is 3.43. The highest BCUT2D eigenvalue weighted by Gasteiger charge is 2.40. The van der Waals surface area contributed by atoms with Gasteiger partial charge in [0.15, 0.2) is 11.6 Å². The molecule has 2 unspecified atom stereocenters. The Morgan fingerprint density at radius 3 is 3.05 bits per heavy atom. The summed E-state index contributed by atoms with van der Waals surface area (Å²) in [4.78, 5) is 0. The van der Waals surface area contributed by atoms with Crippen LogP contribution >= 0.6 is 11.8 Å². The molecule has 2 atom stereocenters. The molecule has 19 heavy (non-hydrogen) atoms. The van der Waals surface area contributed by atoms with Crippen LogP contribution in [0.5, 0.6) is 0 Å². The van der Waals surface area contributed by atoms with E-state index < -0.39 is 11.6 Å². The lowest BCUT2D eigenvalue weighted by Gasteiger charge is -2.38. The molecule has 3 rings (SSSR count). The normalized spacial score (nSPS) is 30.7. The van der Waals surface area contributed by atoms with E-state index in [1.54, 1.807) is 6.07 Å². The minimum absolute atomic E-state index is 0.0512. The topological polar surface area (TPSA) is 21.3 Å². The van der Waals surface area contributed by atoms with E-state index >= 15 is 0 Å². The number of hydrogen-bond acceptors (Lipinski definition) is 3. The number of halogens is 2. The maximum Gasteiger partial charge on any atom is 0.181 e. The summed E-state index contributed by atoms with van der Waals surface area (Å²) in [5.41, 5.74) is 0.206. The van der Waals surface area contributed by atoms with E-state index in [4.69, 9.17) is 4.74 Å². The Kier molecular flexibility index (Phi) is 3.67. The molecule has 1 aromatic carbocycles. The fourth-order valence-electron chi connectivity index (χ4n) is 2.85. The highest BCUT2D eigenvalue weighted by atomic mass is 32.2. The van der Waals surface area contributed by atoms with Crippen molar-refractivity contribution in [3.63, 3.8) is 0 Å². The average Bonchev–Trinajstić information content (AvgIpc) is 2.83. The molecule has 0 aromatic heterocycles. The molecule has 2 nitrogen and oxygen atoms in total. The van der Waals surface area contributed by atoms with Gasteiger partial charge in [0.2, 0.25) is 0 Å². The summed E-state index contributed by atoms with van der Waals surface area (Å²) in [6.07, 6.45) is 2.76. The molecule has 2 aliphatic rings. The van der Waals surface area contributed by atoms with Crippen molar-refractivity contribution in [1.29, 1.82) is 0 Å². The minimum Gasteiger partial charge on any atom is -0.380 e. The molecule has 2 aliphatic heterocycles. The zero-order valence-electron chi connectivity index (χ0n) is 10.6. The highest BCUT2D eigenvalue weighted by molar-refractivity contribution is 7.99. The Balaban J connectivity index is 1.71. The van der Waals surface area contributed by atoms with Gasteiger partial charge in [-0.25, -0.2) is 8.78 Å². The van der Waals surface area contributed by atoms with Gasteiger partial charge in [-0.1, -0.05) is 6.07 Å². The third-order valence-corrected chi connectivity index (χ3v) is 5.09. The van der Waals surface area contributed by atoms with Gasteiger partial charge in [0, 0.05) is 18.4 Å². The molecule has 0 aliphatic carbocycles. The van der Waals surface area contributed by atoms with Gasteiger partial charge in [-0.05, 0) is 37.1 Å². The molecule has 0 saturated carbocycles. The van der Waals surface area contributed by atoms with E-state index in [2.05, 4.69) is 5.32 Å². The smallest absolute Gasteiger partial charge is 0.181 e. The zero-order chi connectivity index (χ0) is 13.3. The second-order valence-corrected chi connectivity index (χ2v) is 6.37. The Morgan fingerprint density at radius 2 is 2.26 bits per heavy atom. The first-order chi connectivity index (χ1) is 9.19. The summed E-state index contributed by atoms with van der Waals surface area (Å²) in [6.45, 7) is 0.690. The van der Waals surface area contributed by atoms with E-state index in [1.807, 2.05) is 11.8 Å². The summed E-state index contributed by atoms with van der Waals surface area (Å²) < 4.78 is 32.8. The van der Waals surface area contributed by atoms with Crippen LogP contribution in [0.15, 0.2) is 18.2 Å². The molecule has 2 heterocycles. The quantitative estimate of drug-likeness (QED) is 0.899. The number of ether oxygens (including phenoxy) is 1. The molecule has 2 saturated heterocycles. The summed E-state index contributed by atoms with van der Waals surface area (Å²) in [5.74, 6) is 0.546. The molecule has 0 radical (unpaired) electrons. The number of thioether (sulfide) groups is 1. The van der Waals surface area contributed by atoms with Crippen molar-refractivity contribution in [2.75, 3.05) is 23.4 Å². The Morgan fingerprint density at radius 1 is 1.37 bits per heavy atom. The zero-order valence-corrected chi connectivity index (χ0v) is 11.4. The van der Waals surface area contributed by atoms with Crippen LogP contribution in [-0.4, -0.2) is 29.8 Å². The first-order valence-corrected chi connectivity index (χ1v) is 7.76. The lowest BCUT2D eigenvalue weighted by Crippen LogP contribution is -2.44. The molecule has 0 amide bonds. The molecule has 1 aromatic rings. The molecule has 0 bridgehead atoms. The molecule has 104 valence electrons. The van der Waals surface area contributed by atoms with Gasteiger partial charge in [0.05, 0.1) is 11.3 Å². The van der Waals surface area contributed by atoms with Crippen molar-refractivity contribution in [3.8, 4) is 0 Å². The van der Waals surface area contributed by atoms with E-state index in [0.717, 1.165) is 36.8 Å². The SMILES string of the molecule is Fc1cccc(NC2CCOC3(CCSC3)C2)c1F. The van der Waals surface area contributed by atoms with Gasteiger partial charge in [0.25, 0.3) is 0 Å². The van der Waals surface area contributed by atoms with Crippen LogP contribution < -0.4 is 5.32 Å². The number of benzene rings is 1. The van der Waals surface area contributed by atoms with E-state index in [9.17, 15) is 8.78 Å². The van der Waals surface area contributed by atoms with Crippen LogP contribution in [-0.2, 0) is 4.74 Å². The minimum atomic E-state index is -0.803. The van der Waals surface area contributed by atoms with E-state index in [0.29, 0.717) is 6.61 Å². The Labute approximate surface area is 115 Å². The van der Waals surface area contributed by atoms with Crippen LogP contribution in [0.25, 0.3) is 0 Å². The van der Waals surface area contributed by atoms with Crippen molar-refractivity contribution >= 4 is 17.4 Å². The summed E-state index contributed by atoms with van der Waals surface area (Å²) in [7, 11) is 0. The highest BCUT2D eigenvalue weighted by Crippen LogP contribution is 2.39. The molecule has 1 N–H and O–H groups in total. The first kappa shape index (κ1) is 13.2. The van der Waals surface area contributed by atoms with Gasteiger partial charge in [-0.2, -0.15) is 11.8 Å². The summed E-state index contributed by atoms with van der Waals surface area (Å²) >= 11 is 1.91. The lowest BCUT2D eigenvalue weighted by molar-refractivity contribution is -0.0628. The second kappa shape index (κ2) is 5.29. The molecule has 2 fully saturated rings. The van der Waals surface area contributed by atoms with Crippen molar-refractivity contribution < 1.29 is 13.5 Å². The molecule has 1 spiro atoms. The maximum absolute atomic E-state index is 13.7. The monoisotopic (exact) mass is 285 g/mol. The second-order valence-electron chi connectivity index (χ2n) is 5.27. The van der Waals surface area contributed by atoms with Crippen LogP contribution in [0.1, 0.15) is 19.3 Å². The van der Waals surface area contributed by atoms with Gasteiger partial charge in [0.1, 0.15) is 0 Å². The van der Waals surface area contributed by atoms with Gasteiger partial charge < -0.3 is 10.1 Å². The van der Waals surface area contributed by atoms with Crippen molar-refractivity contribution in [1.82, 2.24) is 0 Å². The van der Waals surface area contributed by atoms with Gasteiger partial charge in [-0.15, -0.1) is 0 Å². The lowest BCUT2D eigenvalue weighted by atomic mass is 9.90. The van der Waals surface area contributed by atoms with Gasteiger partial charge in [-0.3, -0.25) is 0 Å². The number of rotatable bonds is 2. The average molecular weight is 285 g/mol. The van der Waals surface area contributed by atoms with Crippen molar-refractivity contribution in [2.24, 2.45) is 0 Å². The molecule has 5 heteroatoms. The Hall–Kier alpha value is -0.810. The fourth-order valence-corrected chi connectivity index (χ4v) is 4.23. The Bertz CT molecular complexity index is 463. The molecular weight excluding hydrogens is 268 g/mol.